The zero-order valence-electron chi connectivity index (χ0n) is 21.0. The highest BCUT2D eigenvalue weighted by atomic mass is 32.2. The number of hydrogen-bond donors (Lipinski definition) is 1. The van der Waals surface area contributed by atoms with E-state index in [1.165, 1.54) is 49.5 Å². The van der Waals surface area contributed by atoms with E-state index in [0.29, 0.717) is 11.5 Å². The Labute approximate surface area is 220 Å². The fraction of sp³-hybridized carbons (Fsp3) is 0.222. The molecule has 1 heterocycles. The van der Waals surface area contributed by atoms with E-state index in [1.807, 2.05) is 30.3 Å². The molecule has 3 aromatic rings. The van der Waals surface area contributed by atoms with Crippen LogP contribution < -0.4 is 19.5 Å². The van der Waals surface area contributed by atoms with Crippen molar-refractivity contribution >= 4 is 33.4 Å². The number of carbonyl (C=O) groups is 3. The molecule has 3 amide bonds. The normalized spacial score (nSPS) is 16.3. The number of carbonyl (C=O) groups excluding carboxylic acids is 3. The van der Waals surface area contributed by atoms with Crippen molar-refractivity contribution in [3.05, 3.63) is 83.9 Å². The Balaban J connectivity index is 1.74. The van der Waals surface area contributed by atoms with Gasteiger partial charge in [-0.05, 0) is 55.0 Å². The second-order valence-electron chi connectivity index (χ2n) is 8.70. The molecule has 1 fully saturated rings. The zero-order valence-corrected chi connectivity index (χ0v) is 21.8. The van der Waals surface area contributed by atoms with Crippen molar-refractivity contribution in [1.29, 1.82) is 0 Å². The highest BCUT2D eigenvalue weighted by Gasteiger charge is 2.46. The molecule has 1 aliphatic heterocycles. The Bertz CT molecular complexity index is 1470. The Kier molecular flexibility index (Phi) is 7.51. The third kappa shape index (κ3) is 5.11. The van der Waals surface area contributed by atoms with Crippen LogP contribution in [-0.2, 0) is 19.6 Å². The summed E-state index contributed by atoms with van der Waals surface area (Å²) in [5.41, 5.74) is 1.21. The van der Waals surface area contributed by atoms with Crippen LogP contribution in [0.3, 0.4) is 0 Å². The van der Waals surface area contributed by atoms with Crippen LogP contribution >= 0.6 is 0 Å². The van der Waals surface area contributed by atoms with Crippen molar-refractivity contribution < 1.29 is 32.3 Å². The van der Waals surface area contributed by atoms with Crippen molar-refractivity contribution in [3.63, 3.8) is 0 Å². The molecule has 198 valence electrons. The van der Waals surface area contributed by atoms with Gasteiger partial charge < -0.3 is 14.4 Å². The van der Waals surface area contributed by atoms with E-state index < -0.39 is 39.8 Å². The predicted octanol–water partition coefficient (Wildman–Crippen LogP) is 2.89. The van der Waals surface area contributed by atoms with Crippen LogP contribution in [0.2, 0.25) is 0 Å². The number of methoxy groups -OCH3 is 2. The van der Waals surface area contributed by atoms with Gasteiger partial charge in [-0.15, -0.1) is 0 Å². The molecule has 10 nitrogen and oxygen atoms in total. The van der Waals surface area contributed by atoms with Crippen molar-refractivity contribution in [2.24, 2.45) is 5.14 Å². The molecule has 38 heavy (non-hydrogen) atoms. The van der Waals surface area contributed by atoms with Gasteiger partial charge in [-0.3, -0.25) is 14.4 Å². The molecule has 0 bridgehead atoms. The maximum atomic E-state index is 13.9. The maximum Gasteiger partial charge on any atom is 0.257 e. The Morgan fingerprint density at radius 2 is 1.61 bits per heavy atom. The van der Waals surface area contributed by atoms with Crippen molar-refractivity contribution in [2.45, 2.75) is 30.3 Å². The number of anilines is 1. The summed E-state index contributed by atoms with van der Waals surface area (Å²) in [4.78, 5) is 42.9. The van der Waals surface area contributed by atoms with Gasteiger partial charge in [0.25, 0.3) is 11.8 Å². The van der Waals surface area contributed by atoms with Gasteiger partial charge in [-0.25, -0.2) is 18.5 Å². The first-order chi connectivity index (χ1) is 18.1. The summed E-state index contributed by atoms with van der Waals surface area (Å²) in [6, 6.07) is 17.3. The summed E-state index contributed by atoms with van der Waals surface area (Å²) < 4.78 is 33.8. The molecule has 11 heteroatoms. The van der Waals surface area contributed by atoms with Crippen molar-refractivity contribution in [3.8, 4) is 11.5 Å². The topological polar surface area (TPSA) is 136 Å². The van der Waals surface area contributed by atoms with Gasteiger partial charge in [-0.2, -0.15) is 0 Å². The fourth-order valence-electron chi connectivity index (χ4n) is 4.49. The van der Waals surface area contributed by atoms with E-state index in [4.69, 9.17) is 14.6 Å². The first-order valence-electron chi connectivity index (χ1n) is 11.7. The lowest BCUT2D eigenvalue weighted by Crippen LogP contribution is -2.46. The molecule has 1 saturated heterocycles. The number of benzene rings is 3. The molecule has 2 unspecified atom stereocenters. The van der Waals surface area contributed by atoms with E-state index >= 15 is 0 Å². The standard InChI is InChI=1S/C27H27N3O7S/c1-17(18-7-5-4-6-8-18)29(26(32)19-9-14-23(36-2)24(15-19)37-3)22-16-25(31)30(27(22)33)20-10-12-21(13-11-20)38(28,34)35/h4-15,17,22H,16H2,1-3H3,(H2,28,34,35). The summed E-state index contributed by atoms with van der Waals surface area (Å²) in [5.74, 6) is -0.812. The lowest BCUT2D eigenvalue weighted by atomic mass is 10.0. The number of sulfonamides is 1. The number of ether oxygens (including phenoxy) is 2. The average Bonchev–Trinajstić information content (AvgIpc) is 3.21. The van der Waals surface area contributed by atoms with Crippen molar-refractivity contribution in [2.75, 3.05) is 19.1 Å². The summed E-state index contributed by atoms with van der Waals surface area (Å²) in [6.07, 6.45) is -0.244. The smallest absolute Gasteiger partial charge is 0.257 e. The van der Waals surface area contributed by atoms with Gasteiger partial charge in [-0.1, -0.05) is 30.3 Å². The molecule has 1 aliphatic rings. The van der Waals surface area contributed by atoms with E-state index in [-0.39, 0.29) is 22.6 Å². The molecule has 4 rings (SSSR count). The van der Waals surface area contributed by atoms with Crippen LogP contribution in [0.1, 0.15) is 35.3 Å². The molecular weight excluding hydrogens is 510 g/mol. The third-order valence-electron chi connectivity index (χ3n) is 6.45. The number of nitrogens with two attached hydrogens (primary N) is 1. The minimum Gasteiger partial charge on any atom is -0.493 e. The number of hydrogen-bond acceptors (Lipinski definition) is 7. The minimum absolute atomic E-state index is 0.153. The largest absolute Gasteiger partial charge is 0.493 e. The molecular formula is C27H27N3O7S. The molecule has 0 aromatic heterocycles. The third-order valence-corrected chi connectivity index (χ3v) is 7.38. The Hall–Kier alpha value is -4.22. The summed E-state index contributed by atoms with van der Waals surface area (Å²) in [7, 11) is -1.01. The molecule has 3 aromatic carbocycles. The number of rotatable bonds is 8. The molecule has 0 radical (unpaired) electrons. The number of imide groups is 1. The number of primary sulfonamides is 1. The quantitative estimate of drug-likeness (QED) is 0.436. The van der Waals surface area contributed by atoms with E-state index in [2.05, 4.69) is 0 Å². The van der Waals surface area contributed by atoms with Gasteiger partial charge in [0, 0.05) is 5.56 Å². The van der Waals surface area contributed by atoms with Crippen LogP contribution in [0, 0.1) is 0 Å². The van der Waals surface area contributed by atoms with Gasteiger partial charge in [0.15, 0.2) is 11.5 Å². The van der Waals surface area contributed by atoms with E-state index in [1.54, 1.807) is 19.1 Å². The van der Waals surface area contributed by atoms with E-state index in [0.717, 1.165) is 10.5 Å². The van der Waals surface area contributed by atoms with Gasteiger partial charge in [0.2, 0.25) is 15.9 Å². The lowest BCUT2D eigenvalue weighted by molar-refractivity contribution is -0.122. The second-order valence-corrected chi connectivity index (χ2v) is 10.3. The lowest BCUT2D eigenvalue weighted by Gasteiger charge is -2.34. The second kappa shape index (κ2) is 10.6. The molecule has 2 atom stereocenters. The van der Waals surface area contributed by atoms with Crippen LogP contribution in [0.5, 0.6) is 11.5 Å². The number of nitrogens with zero attached hydrogens (tertiary/aromatic N) is 2. The summed E-state index contributed by atoms with van der Waals surface area (Å²) in [6.45, 7) is 1.79. The minimum atomic E-state index is -3.95. The van der Waals surface area contributed by atoms with Crippen LogP contribution in [0.15, 0.2) is 77.7 Å². The summed E-state index contributed by atoms with van der Waals surface area (Å²) >= 11 is 0. The number of amides is 3. The molecule has 0 aliphatic carbocycles. The molecule has 0 saturated carbocycles. The van der Waals surface area contributed by atoms with Crippen LogP contribution in [0.25, 0.3) is 0 Å². The Morgan fingerprint density at radius 1 is 0.974 bits per heavy atom. The summed E-state index contributed by atoms with van der Waals surface area (Å²) in [5, 5.41) is 5.16. The van der Waals surface area contributed by atoms with Gasteiger partial charge >= 0.3 is 0 Å². The molecule has 2 N–H and O–H groups in total. The first kappa shape index (κ1) is 26.8. The van der Waals surface area contributed by atoms with Gasteiger partial charge in [0.05, 0.1) is 37.3 Å². The highest BCUT2D eigenvalue weighted by molar-refractivity contribution is 7.89. The first-order valence-corrected chi connectivity index (χ1v) is 13.2. The van der Waals surface area contributed by atoms with Crippen LogP contribution in [-0.4, -0.2) is 51.3 Å². The predicted molar refractivity (Wildman–Crippen MR) is 139 cm³/mol. The zero-order chi connectivity index (χ0) is 27.6. The van der Waals surface area contributed by atoms with Crippen LogP contribution in [0.4, 0.5) is 5.69 Å². The maximum absolute atomic E-state index is 13.9. The SMILES string of the molecule is COc1ccc(C(=O)N(C2CC(=O)N(c3ccc(S(N)(=O)=O)cc3)C2=O)C(C)c2ccccc2)cc1OC. The average molecular weight is 538 g/mol. The monoisotopic (exact) mass is 537 g/mol. The van der Waals surface area contributed by atoms with E-state index in [9.17, 15) is 22.8 Å². The fourth-order valence-corrected chi connectivity index (χ4v) is 5.00. The Morgan fingerprint density at radius 3 is 2.18 bits per heavy atom. The molecule has 0 spiro atoms. The van der Waals surface area contributed by atoms with Crippen molar-refractivity contribution in [1.82, 2.24) is 4.90 Å². The highest BCUT2D eigenvalue weighted by Crippen LogP contribution is 2.34. The van der Waals surface area contributed by atoms with Gasteiger partial charge in [0.1, 0.15) is 6.04 Å².